The molecule has 0 radical (unpaired) electrons. The molecule has 2 aromatic rings. The van der Waals surface area contributed by atoms with Crippen molar-refractivity contribution in [1.29, 1.82) is 0 Å². The van der Waals surface area contributed by atoms with Crippen LogP contribution in [0.3, 0.4) is 0 Å². The van der Waals surface area contributed by atoms with E-state index in [1.165, 1.54) is 6.08 Å². The van der Waals surface area contributed by atoms with Crippen LogP contribution in [0.5, 0.6) is 5.75 Å². The summed E-state index contributed by atoms with van der Waals surface area (Å²) in [6.45, 7) is 3.58. The number of ether oxygens (including phenoxy) is 1. The fourth-order valence-electron chi connectivity index (χ4n) is 1.61. The topological polar surface area (TPSA) is 48.2 Å². The lowest BCUT2D eigenvalue weighted by Gasteiger charge is -2.22. The summed E-state index contributed by atoms with van der Waals surface area (Å²) in [4.78, 5) is 5.34. The summed E-state index contributed by atoms with van der Waals surface area (Å²) >= 11 is 1.74. The van der Waals surface area contributed by atoms with Crippen LogP contribution in [-0.2, 0) is 0 Å². The Bertz CT molecular complexity index is 553. The molecule has 0 bridgehead atoms. The lowest BCUT2D eigenvalue weighted by molar-refractivity contribution is 0.205. The molecule has 2 heterocycles. The molecule has 0 saturated carbocycles. The van der Waals surface area contributed by atoms with Gasteiger partial charge in [0, 0.05) is 10.6 Å². The Morgan fingerprint density at radius 2 is 2.29 bits per heavy atom. The molecule has 1 aromatic carbocycles. The Morgan fingerprint density at radius 3 is 3.12 bits per heavy atom. The number of hydrogen-bond acceptors (Lipinski definition) is 5. The fraction of sp³-hybridized carbons (Fsp3) is 0.167. The normalized spacial score (nSPS) is 18.2. The minimum atomic E-state index is -0.160. The van der Waals surface area contributed by atoms with Gasteiger partial charge in [0.05, 0.1) is 0 Å². The minimum absolute atomic E-state index is 0.160. The highest BCUT2D eigenvalue weighted by molar-refractivity contribution is 7.99. The van der Waals surface area contributed by atoms with Gasteiger partial charge in [0.1, 0.15) is 5.75 Å². The van der Waals surface area contributed by atoms with E-state index in [0.717, 1.165) is 16.4 Å². The van der Waals surface area contributed by atoms with Crippen LogP contribution in [0.15, 0.2) is 40.3 Å². The van der Waals surface area contributed by atoms with Crippen molar-refractivity contribution in [3.63, 3.8) is 0 Å². The molecule has 1 aromatic heterocycles. The first-order valence-corrected chi connectivity index (χ1v) is 6.20. The maximum atomic E-state index is 5.84. The van der Waals surface area contributed by atoms with Crippen LogP contribution < -0.4 is 4.74 Å². The molecule has 1 unspecified atom stereocenters. The number of rotatable bonds is 2. The van der Waals surface area contributed by atoms with E-state index in [4.69, 9.17) is 9.26 Å². The maximum absolute atomic E-state index is 5.84. The Kier molecular flexibility index (Phi) is 2.60. The van der Waals surface area contributed by atoms with E-state index in [0.29, 0.717) is 11.7 Å². The molecule has 4 nitrogen and oxygen atoms in total. The van der Waals surface area contributed by atoms with E-state index in [1.54, 1.807) is 11.8 Å². The quantitative estimate of drug-likeness (QED) is 0.815. The summed E-state index contributed by atoms with van der Waals surface area (Å²) in [5.74, 6) is 2.65. The van der Waals surface area contributed by atoms with Crippen molar-refractivity contribution < 1.29 is 9.26 Å². The van der Waals surface area contributed by atoms with Gasteiger partial charge in [-0.2, -0.15) is 4.98 Å². The summed E-state index contributed by atoms with van der Waals surface area (Å²) in [7, 11) is 0. The zero-order valence-corrected chi connectivity index (χ0v) is 9.81. The number of thioether (sulfide) groups is 1. The molecule has 1 aliphatic heterocycles. The molecule has 3 rings (SSSR count). The van der Waals surface area contributed by atoms with E-state index in [9.17, 15) is 0 Å². The van der Waals surface area contributed by atoms with E-state index >= 15 is 0 Å². The van der Waals surface area contributed by atoms with Gasteiger partial charge in [0.25, 0.3) is 0 Å². The van der Waals surface area contributed by atoms with Gasteiger partial charge in [0.2, 0.25) is 11.7 Å². The van der Waals surface area contributed by atoms with Crippen molar-refractivity contribution in [3.05, 3.63) is 42.6 Å². The molecule has 1 atom stereocenters. The highest BCUT2D eigenvalue weighted by atomic mass is 32.2. The summed E-state index contributed by atoms with van der Waals surface area (Å²) < 4.78 is 10.8. The standard InChI is InChI=1S/C12H10N2O2S/c1-2-11-13-12(14-16-11)9-7-17-10-6-4-3-5-8(10)15-9/h2-6,9H,1,7H2. The van der Waals surface area contributed by atoms with E-state index in [-0.39, 0.29) is 6.10 Å². The van der Waals surface area contributed by atoms with Gasteiger partial charge in [-0.1, -0.05) is 23.9 Å². The van der Waals surface area contributed by atoms with E-state index < -0.39 is 0 Å². The third-order valence-corrected chi connectivity index (χ3v) is 3.55. The van der Waals surface area contributed by atoms with Gasteiger partial charge >= 0.3 is 0 Å². The maximum Gasteiger partial charge on any atom is 0.250 e. The molecular formula is C12H10N2O2S. The summed E-state index contributed by atoms with van der Waals surface area (Å²) in [5.41, 5.74) is 0. The van der Waals surface area contributed by atoms with Gasteiger partial charge in [-0.3, -0.25) is 0 Å². The van der Waals surface area contributed by atoms with Crippen LogP contribution in [0.4, 0.5) is 0 Å². The van der Waals surface area contributed by atoms with E-state index in [2.05, 4.69) is 16.7 Å². The van der Waals surface area contributed by atoms with Crippen molar-refractivity contribution in [1.82, 2.24) is 10.1 Å². The molecule has 0 aliphatic carbocycles. The van der Waals surface area contributed by atoms with Gasteiger partial charge in [-0.15, -0.1) is 11.8 Å². The first-order chi connectivity index (χ1) is 8.36. The molecule has 0 N–H and O–H groups in total. The first kappa shape index (κ1) is 10.4. The molecule has 0 fully saturated rings. The summed E-state index contributed by atoms with van der Waals surface area (Å²) in [5, 5.41) is 3.89. The van der Waals surface area contributed by atoms with Crippen LogP contribution in [0.2, 0.25) is 0 Å². The predicted octanol–water partition coefficient (Wildman–Crippen LogP) is 2.94. The second-order valence-corrected chi connectivity index (χ2v) is 4.62. The number of aromatic nitrogens is 2. The van der Waals surface area contributed by atoms with Crippen molar-refractivity contribution in [2.45, 2.75) is 11.0 Å². The van der Waals surface area contributed by atoms with Crippen molar-refractivity contribution in [2.24, 2.45) is 0 Å². The predicted molar refractivity (Wildman–Crippen MR) is 64.9 cm³/mol. The number of hydrogen-bond donors (Lipinski definition) is 0. The van der Waals surface area contributed by atoms with Gasteiger partial charge in [-0.05, 0) is 18.2 Å². The SMILES string of the molecule is C=Cc1nc(C2CSc3ccccc3O2)no1. The number of fused-ring (bicyclic) bond motifs is 1. The fourth-order valence-corrected chi connectivity index (χ4v) is 2.59. The molecule has 1 aliphatic rings. The van der Waals surface area contributed by atoms with Gasteiger partial charge < -0.3 is 9.26 Å². The van der Waals surface area contributed by atoms with Crippen LogP contribution in [0.1, 0.15) is 17.8 Å². The Morgan fingerprint density at radius 1 is 1.41 bits per heavy atom. The third kappa shape index (κ3) is 1.93. The molecule has 17 heavy (non-hydrogen) atoms. The average Bonchev–Trinajstić information content (AvgIpc) is 2.87. The second-order valence-electron chi connectivity index (χ2n) is 3.56. The van der Waals surface area contributed by atoms with Gasteiger partial charge in [0.15, 0.2) is 6.10 Å². The lowest BCUT2D eigenvalue weighted by Crippen LogP contribution is -2.16. The Balaban J connectivity index is 1.86. The second kappa shape index (κ2) is 4.25. The average molecular weight is 246 g/mol. The highest BCUT2D eigenvalue weighted by Gasteiger charge is 2.25. The Hall–Kier alpha value is -1.75. The molecule has 5 heteroatoms. The molecule has 0 saturated heterocycles. The van der Waals surface area contributed by atoms with Crippen molar-refractivity contribution >= 4 is 17.8 Å². The minimum Gasteiger partial charge on any atom is -0.480 e. The molecular weight excluding hydrogens is 236 g/mol. The monoisotopic (exact) mass is 246 g/mol. The summed E-state index contributed by atoms with van der Waals surface area (Å²) in [6.07, 6.45) is 1.37. The largest absolute Gasteiger partial charge is 0.480 e. The molecule has 0 spiro atoms. The van der Waals surface area contributed by atoms with E-state index in [1.807, 2.05) is 24.3 Å². The summed E-state index contributed by atoms with van der Waals surface area (Å²) in [6, 6.07) is 7.94. The van der Waals surface area contributed by atoms with Crippen LogP contribution in [-0.4, -0.2) is 15.9 Å². The third-order valence-electron chi connectivity index (χ3n) is 2.43. The number of benzene rings is 1. The number of para-hydroxylation sites is 1. The van der Waals surface area contributed by atoms with Crippen LogP contribution >= 0.6 is 11.8 Å². The Labute approximate surface area is 103 Å². The van der Waals surface area contributed by atoms with Crippen molar-refractivity contribution in [2.75, 3.05) is 5.75 Å². The zero-order valence-electron chi connectivity index (χ0n) is 9.00. The highest BCUT2D eigenvalue weighted by Crippen LogP contribution is 2.39. The van der Waals surface area contributed by atoms with Crippen molar-refractivity contribution in [3.8, 4) is 5.75 Å². The van der Waals surface area contributed by atoms with Crippen LogP contribution in [0, 0.1) is 0 Å². The van der Waals surface area contributed by atoms with Gasteiger partial charge in [-0.25, -0.2) is 0 Å². The zero-order chi connectivity index (χ0) is 11.7. The lowest BCUT2D eigenvalue weighted by atomic mass is 10.3. The number of nitrogens with zero attached hydrogens (tertiary/aromatic N) is 2. The van der Waals surface area contributed by atoms with Crippen LogP contribution in [0.25, 0.3) is 6.08 Å². The first-order valence-electron chi connectivity index (χ1n) is 5.21. The smallest absolute Gasteiger partial charge is 0.250 e. The molecule has 0 amide bonds. The molecule has 86 valence electrons.